The third-order valence-corrected chi connectivity index (χ3v) is 9.17. The lowest BCUT2D eigenvalue weighted by molar-refractivity contribution is 0.0926. The molecule has 0 radical (unpaired) electrons. The Hall–Kier alpha value is -3.84. The van der Waals surface area contributed by atoms with E-state index in [4.69, 9.17) is 10.2 Å². The Morgan fingerprint density at radius 1 is 0.729 bits per heavy atom. The van der Waals surface area contributed by atoms with Crippen LogP contribution in [0.1, 0.15) is 99.3 Å². The molecule has 0 aliphatic carbocycles. The Balaban J connectivity index is 0.000000188. The monoisotopic (exact) mass is 660 g/mol. The van der Waals surface area contributed by atoms with Crippen molar-refractivity contribution in [1.82, 2.24) is 40.8 Å². The summed E-state index contributed by atoms with van der Waals surface area (Å²) in [7, 11) is 0. The summed E-state index contributed by atoms with van der Waals surface area (Å²) in [5.41, 5.74) is 2.97. The van der Waals surface area contributed by atoms with Gasteiger partial charge in [-0.1, -0.05) is 36.4 Å². The Kier molecular flexibility index (Phi) is 12.2. The summed E-state index contributed by atoms with van der Waals surface area (Å²) in [6.07, 6.45) is 5.26. The van der Waals surface area contributed by atoms with Crippen molar-refractivity contribution in [3.8, 4) is 0 Å². The van der Waals surface area contributed by atoms with Crippen LogP contribution in [0.25, 0.3) is 21.8 Å². The van der Waals surface area contributed by atoms with Crippen LogP contribution in [-0.2, 0) is 0 Å². The Morgan fingerprint density at radius 3 is 1.50 bits per heavy atom. The van der Waals surface area contributed by atoms with Crippen LogP contribution in [0, 0.1) is 0 Å². The number of nitrogens with one attached hydrogen (secondary N) is 4. The number of para-hydroxylation sites is 2. The summed E-state index contributed by atoms with van der Waals surface area (Å²) >= 11 is 0. The average Bonchev–Trinajstić information content (AvgIpc) is 3.88. The smallest absolute Gasteiger partial charge is 0.272 e. The van der Waals surface area contributed by atoms with Crippen LogP contribution in [0.4, 0.5) is 0 Å². The predicted octanol–water partition coefficient (Wildman–Crippen LogP) is 3.70. The van der Waals surface area contributed by atoms with E-state index in [0.29, 0.717) is 23.5 Å². The molecular formula is C36H52N8O4. The van der Waals surface area contributed by atoms with Gasteiger partial charge in [-0.3, -0.25) is 19.0 Å². The van der Waals surface area contributed by atoms with E-state index in [2.05, 4.69) is 59.2 Å². The van der Waals surface area contributed by atoms with E-state index in [-0.39, 0.29) is 49.2 Å². The Bertz CT molecular complexity index is 1540. The van der Waals surface area contributed by atoms with Crippen molar-refractivity contribution in [2.45, 2.75) is 102 Å². The van der Waals surface area contributed by atoms with Gasteiger partial charge in [0.05, 0.1) is 11.0 Å². The number of rotatable bonds is 12. The molecule has 2 amide bonds. The van der Waals surface area contributed by atoms with E-state index in [9.17, 15) is 9.59 Å². The minimum Gasteiger partial charge on any atom is -0.396 e. The highest BCUT2D eigenvalue weighted by atomic mass is 16.3. The first-order valence-electron chi connectivity index (χ1n) is 17.4. The third-order valence-electron chi connectivity index (χ3n) is 9.17. The molecule has 2 aliphatic heterocycles. The molecule has 2 aromatic heterocycles. The van der Waals surface area contributed by atoms with Crippen LogP contribution in [0.5, 0.6) is 0 Å². The second-order valence-corrected chi connectivity index (χ2v) is 13.6. The lowest BCUT2D eigenvalue weighted by Gasteiger charge is -2.11. The quantitative estimate of drug-likeness (QED) is 0.134. The van der Waals surface area contributed by atoms with E-state index in [0.717, 1.165) is 73.4 Å². The summed E-state index contributed by atoms with van der Waals surface area (Å²) in [4.78, 5) is 25.4. The standard InChI is InChI=1S/2C18H26N4O2/c2*1-12(2)22-16-8-4-3-7-15(16)17(21-22)18(24)20-14-10-13(19-11-14)6-5-9-23/h2*3-4,7-8,12-14,19,23H,5-6,9-11H2,1-2H3,(H,20,24)/t2*13-,14+/m11/s1. The first-order valence-corrected chi connectivity index (χ1v) is 17.4. The van der Waals surface area contributed by atoms with Gasteiger partial charge < -0.3 is 31.5 Å². The molecule has 6 rings (SSSR count). The van der Waals surface area contributed by atoms with Crippen LogP contribution in [0.15, 0.2) is 48.5 Å². The number of aliphatic hydroxyl groups is 2. The van der Waals surface area contributed by atoms with Crippen molar-refractivity contribution < 1.29 is 19.8 Å². The van der Waals surface area contributed by atoms with E-state index in [1.807, 2.05) is 57.9 Å². The fourth-order valence-corrected chi connectivity index (χ4v) is 6.78. The molecule has 0 unspecified atom stereocenters. The van der Waals surface area contributed by atoms with Crippen molar-refractivity contribution in [2.75, 3.05) is 26.3 Å². The number of aromatic nitrogens is 4. The van der Waals surface area contributed by atoms with Crippen LogP contribution < -0.4 is 21.3 Å². The van der Waals surface area contributed by atoms with Crippen LogP contribution in [0.2, 0.25) is 0 Å². The van der Waals surface area contributed by atoms with Gasteiger partial charge in [-0.25, -0.2) is 0 Å². The van der Waals surface area contributed by atoms with Gasteiger partial charge in [0.1, 0.15) is 0 Å². The largest absolute Gasteiger partial charge is 0.396 e. The zero-order chi connectivity index (χ0) is 34.2. The lowest BCUT2D eigenvalue weighted by Crippen LogP contribution is -2.36. The number of fused-ring (bicyclic) bond motifs is 2. The highest BCUT2D eigenvalue weighted by molar-refractivity contribution is 6.05. The molecule has 2 aliphatic rings. The molecule has 0 spiro atoms. The maximum atomic E-state index is 12.7. The second kappa shape index (κ2) is 16.5. The van der Waals surface area contributed by atoms with E-state index >= 15 is 0 Å². The van der Waals surface area contributed by atoms with Gasteiger partial charge in [0.25, 0.3) is 11.8 Å². The minimum atomic E-state index is -0.111. The summed E-state index contributed by atoms with van der Waals surface area (Å²) in [5.74, 6) is -0.222. The van der Waals surface area contributed by atoms with Crippen molar-refractivity contribution in [1.29, 1.82) is 0 Å². The number of aliphatic hydroxyl groups excluding tert-OH is 2. The van der Waals surface area contributed by atoms with Gasteiger partial charge in [0, 0.05) is 73.3 Å². The minimum absolute atomic E-state index is 0.111. The van der Waals surface area contributed by atoms with Crippen LogP contribution in [0.3, 0.4) is 0 Å². The number of benzene rings is 2. The number of carbonyl (C=O) groups excluding carboxylic acids is 2. The Labute approximate surface area is 282 Å². The molecule has 4 atom stereocenters. The third kappa shape index (κ3) is 8.41. The number of carbonyl (C=O) groups is 2. The van der Waals surface area contributed by atoms with E-state index in [1.54, 1.807) is 0 Å². The molecule has 6 N–H and O–H groups in total. The molecule has 260 valence electrons. The molecule has 2 fully saturated rings. The zero-order valence-corrected chi connectivity index (χ0v) is 28.7. The highest BCUT2D eigenvalue weighted by Gasteiger charge is 2.28. The fourth-order valence-electron chi connectivity index (χ4n) is 6.78. The van der Waals surface area contributed by atoms with Gasteiger partial charge in [-0.2, -0.15) is 10.2 Å². The maximum Gasteiger partial charge on any atom is 0.272 e. The molecule has 0 saturated carbocycles. The van der Waals surface area contributed by atoms with E-state index in [1.165, 1.54) is 0 Å². The summed E-state index contributed by atoms with van der Waals surface area (Å²) in [5, 5.41) is 41.8. The zero-order valence-electron chi connectivity index (χ0n) is 28.7. The van der Waals surface area contributed by atoms with Crippen molar-refractivity contribution >= 4 is 33.6 Å². The molecule has 2 saturated heterocycles. The van der Waals surface area contributed by atoms with Gasteiger partial charge >= 0.3 is 0 Å². The number of nitrogens with zero attached hydrogens (tertiary/aromatic N) is 4. The maximum absolute atomic E-state index is 12.7. The lowest BCUT2D eigenvalue weighted by atomic mass is 10.1. The number of amides is 2. The first-order chi connectivity index (χ1) is 23.2. The average molecular weight is 661 g/mol. The molecule has 4 heterocycles. The normalized spacial score (nSPS) is 20.8. The van der Waals surface area contributed by atoms with Crippen molar-refractivity contribution in [2.24, 2.45) is 0 Å². The molecular weight excluding hydrogens is 608 g/mol. The highest BCUT2D eigenvalue weighted by Crippen LogP contribution is 2.24. The van der Waals surface area contributed by atoms with E-state index < -0.39 is 0 Å². The van der Waals surface area contributed by atoms with Crippen LogP contribution >= 0.6 is 0 Å². The Morgan fingerprint density at radius 2 is 1.12 bits per heavy atom. The summed E-state index contributed by atoms with van der Waals surface area (Å²) in [6.45, 7) is 10.2. The number of hydrogen-bond acceptors (Lipinski definition) is 8. The fraction of sp³-hybridized carbons (Fsp3) is 0.556. The van der Waals surface area contributed by atoms with Gasteiger partial charge in [0.15, 0.2) is 11.4 Å². The van der Waals surface area contributed by atoms with Crippen LogP contribution in [-0.4, -0.2) is 92.1 Å². The molecule has 12 heteroatoms. The van der Waals surface area contributed by atoms with Crippen molar-refractivity contribution in [3.05, 3.63) is 59.9 Å². The molecule has 0 bridgehead atoms. The molecule has 12 nitrogen and oxygen atoms in total. The number of hydrogen-bond donors (Lipinski definition) is 6. The molecule has 2 aromatic carbocycles. The van der Waals surface area contributed by atoms with Gasteiger partial charge in [0.2, 0.25) is 0 Å². The topological polar surface area (TPSA) is 158 Å². The SMILES string of the molecule is CC(C)n1nc(C(=O)N[C@@H]2CN[C@H](CCCO)C2)c2ccccc21.CC(C)n1nc(C(=O)N[C@@H]2CN[C@H](CCCO)C2)c2ccccc21. The molecule has 48 heavy (non-hydrogen) atoms. The first kappa shape index (κ1) is 35.5. The van der Waals surface area contributed by atoms with Gasteiger partial charge in [-0.15, -0.1) is 0 Å². The second-order valence-electron chi connectivity index (χ2n) is 13.6. The predicted molar refractivity (Wildman–Crippen MR) is 188 cm³/mol. The summed E-state index contributed by atoms with van der Waals surface area (Å²) < 4.78 is 3.81. The van der Waals surface area contributed by atoms with Gasteiger partial charge in [-0.05, 0) is 78.4 Å². The van der Waals surface area contributed by atoms with Crippen molar-refractivity contribution in [3.63, 3.8) is 0 Å². The molecule has 4 aromatic rings. The summed E-state index contributed by atoms with van der Waals surface area (Å²) in [6, 6.07) is 17.1.